The fourth-order valence-electron chi connectivity index (χ4n) is 2.94. The predicted molar refractivity (Wildman–Crippen MR) is 90.0 cm³/mol. The lowest BCUT2D eigenvalue weighted by Crippen LogP contribution is -2.44. The van der Waals surface area contributed by atoms with Crippen molar-refractivity contribution in [1.82, 2.24) is 9.80 Å². The number of rotatable bonds is 7. The quantitative estimate of drug-likeness (QED) is 0.835. The van der Waals surface area contributed by atoms with Crippen LogP contribution in [-0.2, 0) is 11.3 Å². The summed E-state index contributed by atoms with van der Waals surface area (Å²) >= 11 is 0. The molecule has 124 valence electrons. The topological polar surface area (TPSA) is 35.9 Å². The van der Waals surface area contributed by atoms with E-state index in [1.807, 2.05) is 13.8 Å². The standard InChI is InChI=1S/C18H30N2O2/c1-16-5-4-6-17(13-16)14-20(15-18(2,3)21)8-7-19-9-11-22-12-10-19/h4-6,13,21H,7-12,14-15H2,1-3H3. The summed E-state index contributed by atoms with van der Waals surface area (Å²) in [5.74, 6) is 0. The molecule has 1 aliphatic heterocycles. The minimum Gasteiger partial charge on any atom is -0.389 e. The molecule has 1 aromatic rings. The third-order valence-electron chi connectivity index (χ3n) is 3.94. The molecule has 1 saturated heterocycles. The second kappa shape index (κ2) is 8.06. The minimum atomic E-state index is -0.672. The molecule has 1 aromatic carbocycles. The Kier molecular flexibility index (Phi) is 6.38. The third-order valence-corrected chi connectivity index (χ3v) is 3.94. The highest BCUT2D eigenvalue weighted by molar-refractivity contribution is 5.22. The van der Waals surface area contributed by atoms with Crippen molar-refractivity contribution in [2.45, 2.75) is 32.9 Å². The molecule has 0 radical (unpaired) electrons. The second-order valence-corrected chi connectivity index (χ2v) is 6.97. The number of hydrogen-bond acceptors (Lipinski definition) is 4. The maximum absolute atomic E-state index is 10.2. The first-order valence-electron chi connectivity index (χ1n) is 8.23. The number of morpholine rings is 1. The van der Waals surface area contributed by atoms with E-state index >= 15 is 0 Å². The van der Waals surface area contributed by atoms with Gasteiger partial charge in [0.15, 0.2) is 0 Å². The molecule has 0 saturated carbocycles. The lowest BCUT2D eigenvalue weighted by molar-refractivity contribution is 0.0139. The number of nitrogens with zero attached hydrogens (tertiary/aromatic N) is 2. The van der Waals surface area contributed by atoms with E-state index in [2.05, 4.69) is 41.0 Å². The molecule has 1 aliphatic rings. The van der Waals surface area contributed by atoms with Crippen LogP contribution in [0.4, 0.5) is 0 Å². The Bertz CT molecular complexity index is 451. The Morgan fingerprint density at radius 2 is 2.00 bits per heavy atom. The van der Waals surface area contributed by atoms with Crippen LogP contribution in [0.5, 0.6) is 0 Å². The maximum atomic E-state index is 10.2. The third kappa shape index (κ3) is 6.44. The maximum Gasteiger partial charge on any atom is 0.0718 e. The number of aryl methyl sites for hydroxylation is 1. The van der Waals surface area contributed by atoms with Gasteiger partial charge in [-0.25, -0.2) is 0 Å². The molecule has 4 heteroatoms. The summed E-state index contributed by atoms with van der Waals surface area (Å²) in [6.45, 7) is 13.2. The van der Waals surface area contributed by atoms with Gasteiger partial charge in [-0.15, -0.1) is 0 Å². The van der Waals surface area contributed by atoms with Crippen LogP contribution in [0.15, 0.2) is 24.3 Å². The van der Waals surface area contributed by atoms with Crippen LogP contribution in [-0.4, -0.2) is 66.4 Å². The Morgan fingerprint density at radius 1 is 1.27 bits per heavy atom. The highest BCUT2D eigenvalue weighted by Gasteiger charge is 2.20. The van der Waals surface area contributed by atoms with Crippen molar-refractivity contribution in [3.8, 4) is 0 Å². The number of ether oxygens (including phenoxy) is 1. The molecule has 0 bridgehead atoms. The van der Waals surface area contributed by atoms with Gasteiger partial charge in [-0.2, -0.15) is 0 Å². The normalized spacial score (nSPS) is 17.1. The molecular weight excluding hydrogens is 276 g/mol. The molecule has 0 atom stereocenters. The summed E-state index contributed by atoms with van der Waals surface area (Å²) in [5.41, 5.74) is 1.93. The summed E-state index contributed by atoms with van der Waals surface area (Å²) in [7, 11) is 0. The van der Waals surface area contributed by atoms with Crippen molar-refractivity contribution >= 4 is 0 Å². The summed E-state index contributed by atoms with van der Waals surface area (Å²) in [5, 5.41) is 10.2. The molecule has 1 N–H and O–H groups in total. The van der Waals surface area contributed by atoms with Crippen molar-refractivity contribution in [2.75, 3.05) is 45.9 Å². The largest absolute Gasteiger partial charge is 0.389 e. The monoisotopic (exact) mass is 306 g/mol. The molecule has 22 heavy (non-hydrogen) atoms. The fraction of sp³-hybridized carbons (Fsp3) is 0.667. The van der Waals surface area contributed by atoms with E-state index in [0.29, 0.717) is 6.54 Å². The van der Waals surface area contributed by atoms with E-state index in [0.717, 1.165) is 45.9 Å². The fourth-order valence-corrected chi connectivity index (χ4v) is 2.94. The molecule has 4 nitrogen and oxygen atoms in total. The first-order valence-corrected chi connectivity index (χ1v) is 8.23. The van der Waals surface area contributed by atoms with Crippen molar-refractivity contribution in [3.05, 3.63) is 35.4 Å². The second-order valence-electron chi connectivity index (χ2n) is 6.97. The smallest absolute Gasteiger partial charge is 0.0718 e. The molecule has 0 aromatic heterocycles. The van der Waals surface area contributed by atoms with Gasteiger partial charge in [-0.3, -0.25) is 9.80 Å². The van der Waals surface area contributed by atoms with Crippen LogP contribution >= 0.6 is 0 Å². The van der Waals surface area contributed by atoms with E-state index in [1.54, 1.807) is 0 Å². The van der Waals surface area contributed by atoms with E-state index in [-0.39, 0.29) is 0 Å². The molecule has 1 fully saturated rings. The van der Waals surface area contributed by atoms with Gasteiger partial charge in [0.1, 0.15) is 0 Å². The van der Waals surface area contributed by atoms with E-state index in [4.69, 9.17) is 4.74 Å². The van der Waals surface area contributed by atoms with Crippen molar-refractivity contribution in [3.63, 3.8) is 0 Å². The lowest BCUT2D eigenvalue weighted by Gasteiger charge is -2.33. The van der Waals surface area contributed by atoms with E-state index < -0.39 is 5.60 Å². The first kappa shape index (κ1) is 17.4. The summed E-state index contributed by atoms with van der Waals surface area (Å²) in [6.07, 6.45) is 0. The van der Waals surface area contributed by atoms with Gasteiger partial charge in [0.25, 0.3) is 0 Å². The Balaban J connectivity index is 1.92. The van der Waals surface area contributed by atoms with Crippen LogP contribution in [0.2, 0.25) is 0 Å². The van der Waals surface area contributed by atoms with Crippen LogP contribution in [0.25, 0.3) is 0 Å². The lowest BCUT2D eigenvalue weighted by atomic mass is 10.1. The Morgan fingerprint density at radius 3 is 2.64 bits per heavy atom. The number of hydrogen-bond donors (Lipinski definition) is 1. The van der Waals surface area contributed by atoms with Crippen LogP contribution < -0.4 is 0 Å². The summed E-state index contributed by atoms with van der Waals surface area (Å²) in [6, 6.07) is 8.62. The van der Waals surface area contributed by atoms with Crippen molar-refractivity contribution < 1.29 is 9.84 Å². The van der Waals surface area contributed by atoms with Crippen LogP contribution in [0.1, 0.15) is 25.0 Å². The highest BCUT2D eigenvalue weighted by atomic mass is 16.5. The highest BCUT2D eigenvalue weighted by Crippen LogP contribution is 2.12. The molecule has 0 spiro atoms. The zero-order chi connectivity index (χ0) is 16.0. The van der Waals surface area contributed by atoms with Gasteiger partial charge in [0.05, 0.1) is 18.8 Å². The van der Waals surface area contributed by atoms with Gasteiger partial charge < -0.3 is 9.84 Å². The zero-order valence-electron chi connectivity index (χ0n) is 14.2. The number of benzene rings is 1. The first-order chi connectivity index (χ1) is 10.4. The van der Waals surface area contributed by atoms with Crippen LogP contribution in [0.3, 0.4) is 0 Å². The van der Waals surface area contributed by atoms with Gasteiger partial charge >= 0.3 is 0 Å². The molecule has 1 heterocycles. The summed E-state index contributed by atoms with van der Waals surface area (Å²) < 4.78 is 5.40. The Hall–Kier alpha value is -0.940. The molecule has 0 aliphatic carbocycles. The molecule has 0 amide bonds. The van der Waals surface area contributed by atoms with E-state index in [9.17, 15) is 5.11 Å². The average molecular weight is 306 g/mol. The van der Waals surface area contributed by atoms with Gasteiger partial charge in [0, 0.05) is 39.3 Å². The van der Waals surface area contributed by atoms with Gasteiger partial charge in [0.2, 0.25) is 0 Å². The predicted octanol–water partition coefficient (Wildman–Crippen LogP) is 1.90. The average Bonchev–Trinajstić information content (AvgIpc) is 2.44. The van der Waals surface area contributed by atoms with Gasteiger partial charge in [-0.1, -0.05) is 29.8 Å². The van der Waals surface area contributed by atoms with E-state index in [1.165, 1.54) is 11.1 Å². The summed E-state index contributed by atoms with van der Waals surface area (Å²) in [4.78, 5) is 4.79. The Labute approximate surface area is 134 Å². The van der Waals surface area contributed by atoms with Gasteiger partial charge in [-0.05, 0) is 26.3 Å². The molecule has 0 unspecified atom stereocenters. The van der Waals surface area contributed by atoms with Crippen LogP contribution in [0, 0.1) is 6.92 Å². The zero-order valence-corrected chi connectivity index (χ0v) is 14.2. The van der Waals surface area contributed by atoms with Crippen molar-refractivity contribution in [1.29, 1.82) is 0 Å². The number of aliphatic hydroxyl groups is 1. The molecular formula is C18H30N2O2. The minimum absolute atomic E-state index is 0.672. The SMILES string of the molecule is Cc1cccc(CN(CCN2CCOCC2)CC(C)(C)O)c1. The van der Waals surface area contributed by atoms with Crippen molar-refractivity contribution in [2.24, 2.45) is 0 Å². The molecule has 2 rings (SSSR count).